The highest BCUT2D eigenvalue weighted by molar-refractivity contribution is 6.09. The number of nitrogens with one attached hydrogen (secondary N) is 2. The van der Waals surface area contributed by atoms with Crippen LogP contribution in [0.4, 0.5) is 22.0 Å². The number of benzene rings is 4. The summed E-state index contributed by atoms with van der Waals surface area (Å²) in [5, 5.41) is 24.9. The second kappa shape index (κ2) is 18.2. The Balaban J connectivity index is 0.737. The van der Waals surface area contributed by atoms with Gasteiger partial charge >= 0.3 is 6.03 Å². The van der Waals surface area contributed by atoms with Crippen LogP contribution in [0.5, 0.6) is 0 Å². The number of carbonyl (C=O) groups excluding carboxylic acids is 4. The van der Waals surface area contributed by atoms with Gasteiger partial charge < -0.3 is 30.9 Å². The molecule has 14 nitrogen and oxygen atoms in total. The van der Waals surface area contributed by atoms with Crippen LogP contribution in [0.1, 0.15) is 85.0 Å². The zero-order valence-electron chi connectivity index (χ0n) is 37.6. The SMILES string of the molecule is Cc1ccc(N)cc1C(=O)N[C@H](C)c1ccc(C#CC2CCN(CC3(O)CCN(C(=O)C4CCN(c5ccc6c(N7CCC(=O)NC7=O)nn(C)c6c5)CC4)CC3)CC2)c2ccccc12. The van der Waals surface area contributed by atoms with Crippen LogP contribution in [0.25, 0.3) is 21.7 Å². The molecule has 0 spiro atoms. The second-order valence-electron chi connectivity index (χ2n) is 18.6. The van der Waals surface area contributed by atoms with Gasteiger partial charge in [-0.2, -0.15) is 5.10 Å². The summed E-state index contributed by atoms with van der Waals surface area (Å²) in [5.74, 6) is 7.60. The second-order valence-corrected chi connectivity index (χ2v) is 18.6. The molecule has 5 aromatic rings. The van der Waals surface area contributed by atoms with E-state index in [1.54, 1.807) is 16.8 Å². The fourth-order valence-electron chi connectivity index (χ4n) is 10.2. The van der Waals surface area contributed by atoms with E-state index in [9.17, 15) is 24.3 Å². The molecule has 9 rings (SSSR count). The molecule has 338 valence electrons. The number of likely N-dealkylation sites (tertiary alicyclic amines) is 2. The van der Waals surface area contributed by atoms with E-state index >= 15 is 0 Å². The number of aliphatic hydroxyl groups is 1. The molecule has 4 aliphatic heterocycles. The summed E-state index contributed by atoms with van der Waals surface area (Å²) in [6.45, 7) is 9.22. The number of imide groups is 1. The molecule has 5 N–H and O–H groups in total. The van der Waals surface area contributed by atoms with Crippen molar-refractivity contribution < 1.29 is 24.3 Å². The summed E-state index contributed by atoms with van der Waals surface area (Å²) in [7, 11) is 1.86. The summed E-state index contributed by atoms with van der Waals surface area (Å²) in [4.78, 5) is 59.3. The molecular formula is C51H59N9O5. The average molecular weight is 878 g/mol. The summed E-state index contributed by atoms with van der Waals surface area (Å²) in [6, 6.07) is 23.2. The third kappa shape index (κ3) is 9.26. The van der Waals surface area contributed by atoms with Gasteiger partial charge in [0.2, 0.25) is 11.8 Å². The van der Waals surface area contributed by atoms with Crippen molar-refractivity contribution in [3.63, 3.8) is 0 Å². The van der Waals surface area contributed by atoms with Crippen molar-refractivity contribution >= 4 is 62.6 Å². The number of β-amino-alcohol motifs (C(OH)–C–C–N with tert-alkyl or cyclic N) is 1. The quantitative estimate of drug-likeness (QED) is 0.110. The fourth-order valence-corrected chi connectivity index (χ4v) is 10.2. The zero-order chi connectivity index (χ0) is 45.4. The van der Waals surface area contributed by atoms with Gasteiger partial charge in [-0.1, -0.05) is 48.2 Å². The lowest BCUT2D eigenvalue weighted by atomic mass is 9.87. The molecule has 4 aromatic carbocycles. The lowest BCUT2D eigenvalue weighted by molar-refractivity contribution is -0.141. The number of aromatic nitrogens is 2. The van der Waals surface area contributed by atoms with Crippen LogP contribution in [-0.2, 0) is 16.6 Å². The van der Waals surface area contributed by atoms with Gasteiger partial charge in [-0.05, 0) is 124 Å². The first kappa shape index (κ1) is 43.8. The van der Waals surface area contributed by atoms with E-state index in [0.29, 0.717) is 56.1 Å². The van der Waals surface area contributed by atoms with Crippen molar-refractivity contribution in [2.75, 3.05) is 67.9 Å². The summed E-state index contributed by atoms with van der Waals surface area (Å²) in [5.41, 5.74) is 11.1. The van der Waals surface area contributed by atoms with Gasteiger partial charge in [-0.25, -0.2) is 4.79 Å². The molecule has 4 fully saturated rings. The average Bonchev–Trinajstić information content (AvgIpc) is 3.64. The molecule has 0 bridgehead atoms. The number of urea groups is 1. The Labute approximate surface area is 380 Å². The van der Waals surface area contributed by atoms with Crippen LogP contribution in [0, 0.1) is 30.6 Å². The summed E-state index contributed by atoms with van der Waals surface area (Å²) in [6.07, 6.45) is 4.79. The number of nitrogens with zero attached hydrogens (tertiary/aromatic N) is 6. The molecule has 1 atom stereocenters. The number of carbonyl (C=O) groups is 4. The van der Waals surface area contributed by atoms with Gasteiger partial charge in [0, 0.05) is 92.5 Å². The Morgan fingerprint density at radius 3 is 2.38 bits per heavy atom. The van der Waals surface area contributed by atoms with Crippen LogP contribution < -0.4 is 26.2 Å². The van der Waals surface area contributed by atoms with E-state index in [1.807, 2.05) is 56.1 Å². The van der Waals surface area contributed by atoms with E-state index < -0.39 is 11.6 Å². The van der Waals surface area contributed by atoms with E-state index in [2.05, 4.69) is 67.7 Å². The van der Waals surface area contributed by atoms with Crippen molar-refractivity contribution in [2.45, 2.75) is 70.4 Å². The van der Waals surface area contributed by atoms with Crippen molar-refractivity contribution in [2.24, 2.45) is 18.9 Å². The molecule has 0 radical (unpaired) electrons. The largest absolute Gasteiger partial charge is 0.399 e. The highest BCUT2D eigenvalue weighted by atomic mass is 16.3. The number of aryl methyl sites for hydroxylation is 2. The first-order chi connectivity index (χ1) is 31.3. The number of piperidine rings is 3. The van der Waals surface area contributed by atoms with Crippen molar-refractivity contribution in [3.8, 4) is 11.8 Å². The number of hydrogen-bond donors (Lipinski definition) is 4. The maximum absolute atomic E-state index is 13.8. The summed E-state index contributed by atoms with van der Waals surface area (Å²) >= 11 is 0. The van der Waals surface area contributed by atoms with Gasteiger partial charge in [0.1, 0.15) is 0 Å². The van der Waals surface area contributed by atoms with E-state index in [0.717, 1.165) is 95.9 Å². The van der Waals surface area contributed by atoms with Gasteiger partial charge in [-0.3, -0.25) is 29.3 Å². The Morgan fingerprint density at radius 2 is 1.65 bits per heavy atom. The van der Waals surface area contributed by atoms with Crippen LogP contribution in [0.2, 0.25) is 0 Å². The Hall–Kier alpha value is -6.43. The predicted octanol–water partition coefficient (Wildman–Crippen LogP) is 5.89. The number of fused-ring (bicyclic) bond motifs is 2. The number of rotatable bonds is 8. The Bertz CT molecular complexity index is 2710. The molecule has 14 heteroatoms. The van der Waals surface area contributed by atoms with E-state index in [4.69, 9.17) is 5.73 Å². The monoisotopic (exact) mass is 877 g/mol. The van der Waals surface area contributed by atoms with Crippen LogP contribution >= 0.6 is 0 Å². The van der Waals surface area contributed by atoms with Crippen molar-refractivity contribution in [1.29, 1.82) is 0 Å². The van der Waals surface area contributed by atoms with Crippen molar-refractivity contribution in [3.05, 3.63) is 95.1 Å². The minimum Gasteiger partial charge on any atom is -0.399 e. The smallest absolute Gasteiger partial charge is 0.329 e. The maximum Gasteiger partial charge on any atom is 0.329 e. The topological polar surface area (TPSA) is 169 Å². The van der Waals surface area contributed by atoms with Crippen LogP contribution in [-0.4, -0.2) is 106 Å². The van der Waals surface area contributed by atoms with Gasteiger partial charge in [-0.15, -0.1) is 0 Å². The standard InChI is InChI=1S/C51H59N9O5/c1-33-8-12-38(52)30-44(33)48(62)53-34(2)40-14-11-36(41-6-4-5-7-42(40)41)10-9-35-16-23-57(24-17-35)32-51(65)21-28-59(29-22-51)49(63)37-18-25-58(26-19-37)39-13-15-43-45(31-39)56(3)55-47(43)60-27-20-46(61)54-50(60)64/h4-8,11-15,30-31,34-35,37,65H,16-29,32,52H2,1-3H3,(H,53,62)(H,54,61,64)/t34-/m1/s1. The normalized spacial score (nSPS) is 19.2. The zero-order valence-corrected chi connectivity index (χ0v) is 37.6. The Morgan fingerprint density at radius 1 is 0.908 bits per heavy atom. The highest BCUT2D eigenvalue weighted by Crippen LogP contribution is 2.34. The number of hydrogen-bond acceptors (Lipinski definition) is 9. The number of nitrogens with two attached hydrogens (primary N) is 1. The maximum atomic E-state index is 13.8. The lowest BCUT2D eigenvalue weighted by Gasteiger charge is -2.43. The minimum absolute atomic E-state index is 0.0397. The number of anilines is 3. The van der Waals surface area contributed by atoms with Gasteiger partial charge in [0.15, 0.2) is 5.82 Å². The van der Waals surface area contributed by atoms with E-state index in [1.165, 1.54) is 4.90 Å². The number of nitrogen functional groups attached to an aromatic ring is 1. The van der Waals surface area contributed by atoms with Gasteiger partial charge in [0.25, 0.3) is 5.91 Å². The Kier molecular flexibility index (Phi) is 12.3. The van der Waals surface area contributed by atoms with Crippen LogP contribution in [0.3, 0.4) is 0 Å². The molecule has 0 saturated carbocycles. The molecule has 4 saturated heterocycles. The molecule has 1 aromatic heterocycles. The first-order valence-corrected chi connectivity index (χ1v) is 23.1. The van der Waals surface area contributed by atoms with Crippen molar-refractivity contribution in [1.82, 2.24) is 30.2 Å². The van der Waals surface area contributed by atoms with E-state index in [-0.39, 0.29) is 42.0 Å². The van der Waals surface area contributed by atoms with Crippen LogP contribution in [0.15, 0.2) is 72.8 Å². The number of amides is 5. The lowest BCUT2D eigenvalue weighted by Crippen LogP contribution is -2.54. The fraction of sp³-hybridized carbons (Fsp3) is 0.431. The molecular weight excluding hydrogens is 819 g/mol. The minimum atomic E-state index is -0.817. The highest BCUT2D eigenvalue weighted by Gasteiger charge is 2.38. The predicted molar refractivity (Wildman–Crippen MR) is 253 cm³/mol. The third-order valence-corrected chi connectivity index (χ3v) is 14.1. The molecule has 0 unspecified atom stereocenters. The summed E-state index contributed by atoms with van der Waals surface area (Å²) < 4.78 is 1.77. The molecule has 5 heterocycles. The third-order valence-electron chi connectivity index (χ3n) is 14.1. The molecule has 65 heavy (non-hydrogen) atoms. The first-order valence-electron chi connectivity index (χ1n) is 23.1. The molecule has 4 aliphatic rings. The van der Waals surface area contributed by atoms with Gasteiger partial charge in [0.05, 0.1) is 17.2 Å². The molecule has 5 amide bonds. The molecule has 0 aliphatic carbocycles.